The van der Waals surface area contributed by atoms with E-state index in [-0.39, 0.29) is 22.3 Å². The van der Waals surface area contributed by atoms with E-state index in [1.807, 2.05) is 0 Å². The summed E-state index contributed by atoms with van der Waals surface area (Å²) in [6.45, 7) is -0.248. The van der Waals surface area contributed by atoms with Crippen LogP contribution in [0.3, 0.4) is 0 Å². The number of primary amides is 1. The molecule has 4 N–H and O–H groups in total. The van der Waals surface area contributed by atoms with Gasteiger partial charge in [0.2, 0.25) is 5.91 Å². The van der Waals surface area contributed by atoms with Crippen LogP contribution < -0.4 is 16.4 Å². The molecule has 0 radical (unpaired) electrons. The summed E-state index contributed by atoms with van der Waals surface area (Å²) in [5.74, 6) is -1.50. The third-order valence-electron chi connectivity index (χ3n) is 2.89. The summed E-state index contributed by atoms with van der Waals surface area (Å²) in [5, 5.41) is 5.28. The fraction of sp³-hybridized carbons (Fsp3) is 0.0667. The molecule has 0 aliphatic heterocycles. The van der Waals surface area contributed by atoms with E-state index in [0.717, 1.165) is 0 Å². The van der Waals surface area contributed by atoms with Crippen LogP contribution in [0.4, 0.5) is 5.69 Å². The van der Waals surface area contributed by atoms with Crippen molar-refractivity contribution >= 4 is 46.6 Å². The van der Waals surface area contributed by atoms with Crippen LogP contribution in [-0.4, -0.2) is 29.3 Å². The Kier molecular flexibility index (Phi) is 5.73. The molecule has 24 heavy (non-hydrogen) atoms. The molecule has 0 fully saturated rings. The van der Waals surface area contributed by atoms with E-state index in [1.165, 1.54) is 24.4 Å². The maximum Gasteiger partial charge on any atom is 0.257 e. The molecule has 3 amide bonds. The van der Waals surface area contributed by atoms with E-state index < -0.39 is 17.7 Å². The molecule has 0 aliphatic rings. The summed E-state index contributed by atoms with van der Waals surface area (Å²) in [6, 6.07) is 7.49. The van der Waals surface area contributed by atoms with Gasteiger partial charge >= 0.3 is 0 Å². The zero-order valence-corrected chi connectivity index (χ0v) is 13.7. The second-order valence-corrected chi connectivity index (χ2v) is 5.44. The fourth-order valence-electron chi connectivity index (χ4n) is 1.72. The molecule has 1 aromatic carbocycles. The smallest absolute Gasteiger partial charge is 0.257 e. The van der Waals surface area contributed by atoms with E-state index in [2.05, 4.69) is 15.6 Å². The number of benzene rings is 1. The Balaban J connectivity index is 2.03. The largest absolute Gasteiger partial charge is 0.368 e. The van der Waals surface area contributed by atoms with Crippen molar-refractivity contribution in [3.05, 3.63) is 57.8 Å². The summed E-state index contributed by atoms with van der Waals surface area (Å²) in [6.07, 6.45) is 1.30. The Morgan fingerprint density at radius 3 is 2.29 bits per heavy atom. The molecule has 0 unspecified atom stereocenters. The number of rotatable bonds is 5. The topological polar surface area (TPSA) is 114 Å². The third-order valence-corrected chi connectivity index (χ3v) is 3.57. The van der Waals surface area contributed by atoms with Crippen molar-refractivity contribution in [3.63, 3.8) is 0 Å². The zero-order chi connectivity index (χ0) is 17.7. The number of carbonyl (C=O) groups is 3. The quantitative estimate of drug-likeness (QED) is 0.700. The van der Waals surface area contributed by atoms with Crippen LogP contribution in [0.15, 0.2) is 36.5 Å². The van der Waals surface area contributed by atoms with E-state index in [1.54, 1.807) is 12.1 Å². The lowest BCUT2D eigenvalue weighted by molar-refractivity contribution is -0.117. The molecular weight excluding hydrogens is 355 g/mol. The van der Waals surface area contributed by atoms with Gasteiger partial charge in [0.1, 0.15) is 5.15 Å². The number of nitrogens with one attached hydrogen (secondary N) is 2. The minimum atomic E-state index is -0.637. The lowest BCUT2D eigenvalue weighted by Crippen LogP contribution is -2.33. The highest BCUT2D eigenvalue weighted by molar-refractivity contribution is 6.41. The number of carbonyl (C=O) groups excluding carboxylic acids is 3. The number of hydrogen-bond donors (Lipinski definition) is 3. The van der Waals surface area contributed by atoms with Crippen molar-refractivity contribution in [3.8, 4) is 0 Å². The third kappa shape index (κ3) is 4.68. The molecule has 1 heterocycles. The fourth-order valence-corrected chi connectivity index (χ4v) is 1.99. The Morgan fingerprint density at radius 2 is 1.71 bits per heavy atom. The average Bonchev–Trinajstić information content (AvgIpc) is 2.55. The second kappa shape index (κ2) is 7.76. The molecule has 9 heteroatoms. The number of anilines is 1. The van der Waals surface area contributed by atoms with Crippen LogP contribution in [0.1, 0.15) is 20.7 Å². The van der Waals surface area contributed by atoms with Crippen LogP contribution in [-0.2, 0) is 4.79 Å². The van der Waals surface area contributed by atoms with Crippen molar-refractivity contribution in [2.75, 3.05) is 11.9 Å². The molecule has 2 aromatic rings. The predicted octanol–water partition coefficient (Wildman–Crippen LogP) is 1.86. The summed E-state index contributed by atoms with van der Waals surface area (Å²) < 4.78 is 0. The lowest BCUT2D eigenvalue weighted by Gasteiger charge is -2.07. The van der Waals surface area contributed by atoms with Crippen LogP contribution in [0, 0.1) is 0 Å². The van der Waals surface area contributed by atoms with Gasteiger partial charge in [0.05, 0.1) is 17.1 Å². The normalized spacial score (nSPS) is 10.1. The van der Waals surface area contributed by atoms with Gasteiger partial charge in [-0.1, -0.05) is 23.2 Å². The summed E-state index contributed by atoms with van der Waals surface area (Å²) in [4.78, 5) is 38.2. The molecule has 0 bridgehead atoms. The van der Waals surface area contributed by atoms with Gasteiger partial charge in [0.15, 0.2) is 0 Å². The first-order chi connectivity index (χ1) is 11.4. The molecule has 2 rings (SSSR count). The monoisotopic (exact) mass is 366 g/mol. The van der Waals surface area contributed by atoms with Crippen LogP contribution in [0.5, 0.6) is 0 Å². The maximum absolute atomic E-state index is 12.1. The standard InChI is InChI=1S/C15H12Cl2N4O3/c16-11-5-9(6-19-13(11)17)15(24)21-10-3-1-8(2-4-10)14(23)20-7-12(18)22/h1-6H,7H2,(H2,18,22)(H,20,23)(H,21,24). The number of aromatic nitrogens is 1. The molecule has 0 saturated heterocycles. The molecule has 7 nitrogen and oxygen atoms in total. The molecule has 0 aliphatic carbocycles. The number of hydrogen-bond acceptors (Lipinski definition) is 4. The van der Waals surface area contributed by atoms with Crippen molar-refractivity contribution in [1.29, 1.82) is 0 Å². The number of amides is 3. The van der Waals surface area contributed by atoms with Crippen LogP contribution in [0.2, 0.25) is 10.2 Å². The van der Waals surface area contributed by atoms with Crippen molar-refractivity contribution < 1.29 is 14.4 Å². The molecule has 124 valence electrons. The first-order valence-corrected chi connectivity index (χ1v) is 7.41. The van der Waals surface area contributed by atoms with Gasteiger partial charge in [0, 0.05) is 17.4 Å². The average molecular weight is 367 g/mol. The Bertz CT molecular complexity index is 794. The van der Waals surface area contributed by atoms with Gasteiger partial charge in [-0.3, -0.25) is 14.4 Å². The van der Waals surface area contributed by atoms with Gasteiger partial charge in [0.25, 0.3) is 11.8 Å². The highest BCUT2D eigenvalue weighted by atomic mass is 35.5. The number of pyridine rings is 1. The van der Waals surface area contributed by atoms with Gasteiger partial charge in [-0.05, 0) is 30.3 Å². The molecular formula is C15H12Cl2N4O3. The van der Waals surface area contributed by atoms with Gasteiger partial charge in [-0.2, -0.15) is 0 Å². The highest BCUT2D eigenvalue weighted by Crippen LogP contribution is 2.20. The maximum atomic E-state index is 12.1. The van der Waals surface area contributed by atoms with Crippen LogP contribution in [0.25, 0.3) is 0 Å². The van der Waals surface area contributed by atoms with E-state index in [4.69, 9.17) is 28.9 Å². The second-order valence-electron chi connectivity index (χ2n) is 4.68. The zero-order valence-electron chi connectivity index (χ0n) is 12.2. The van der Waals surface area contributed by atoms with E-state index >= 15 is 0 Å². The highest BCUT2D eigenvalue weighted by Gasteiger charge is 2.11. The number of halogens is 2. The molecule has 1 aromatic heterocycles. The van der Waals surface area contributed by atoms with Crippen molar-refractivity contribution in [2.24, 2.45) is 5.73 Å². The van der Waals surface area contributed by atoms with Gasteiger partial charge in [-0.25, -0.2) is 4.98 Å². The first-order valence-electron chi connectivity index (χ1n) is 6.66. The van der Waals surface area contributed by atoms with Crippen molar-refractivity contribution in [2.45, 2.75) is 0 Å². The van der Waals surface area contributed by atoms with E-state index in [0.29, 0.717) is 11.3 Å². The Morgan fingerprint density at radius 1 is 1.04 bits per heavy atom. The first kappa shape index (κ1) is 17.7. The Hall–Kier alpha value is -2.64. The van der Waals surface area contributed by atoms with Crippen LogP contribution >= 0.6 is 23.2 Å². The Labute approximate surface area is 147 Å². The minimum absolute atomic E-state index is 0.111. The van der Waals surface area contributed by atoms with Gasteiger partial charge < -0.3 is 16.4 Å². The van der Waals surface area contributed by atoms with E-state index in [9.17, 15) is 14.4 Å². The number of nitrogens with two attached hydrogens (primary N) is 1. The predicted molar refractivity (Wildman–Crippen MR) is 90.2 cm³/mol. The molecule has 0 atom stereocenters. The lowest BCUT2D eigenvalue weighted by atomic mass is 10.2. The summed E-state index contributed by atoms with van der Waals surface area (Å²) in [5.41, 5.74) is 5.99. The summed E-state index contributed by atoms with van der Waals surface area (Å²) in [7, 11) is 0. The van der Waals surface area contributed by atoms with Crippen molar-refractivity contribution in [1.82, 2.24) is 10.3 Å². The van der Waals surface area contributed by atoms with Gasteiger partial charge in [-0.15, -0.1) is 0 Å². The minimum Gasteiger partial charge on any atom is -0.368 e. The SMILES string of the molecule is NC(=O)CNC(=O)c1ccc(NC(=O)c2cnc(Cl)c(Cl)c2)cc1. The molecule has 0 spiro atoms. The summed E-state index contributed by atoms with van der Waals surface area (Å²) >= 11 is 11.5. The molecule has 0 saturated carbocycles. The number of nitrogens with zero attached hydrogens (tertiary/aromatic N) is 1.